The molecule has 0 atom stereocenters. The summed E-state index contributed by atoms with van der Waals surface area (Å²) in [6, 6.07) is 11.6. The number of anilines is 1. The first-order valence-corrected chi connectivity index (χ1v) is 7.59. The highest BCUT2D eigenvalue weighted by molar-refractivity contribution is 5.81. The number of carbonyl (C=O) groups is 1. The summed E-state index contributed by atoms with van der Waals surface area (Å²) in [5.74, 6) is 0.908. The fourth-order valence-corrected chi connectivity index (χ4v) is 2.19. The van der Waals surface area contributed by atoms with Crippen molar-refractivity contribution in [1.82, 2.24) is 5.32 Å². The zero-order valence-corrected chi connectivity index (χ0v) is 13.8. The highest BCUT2D eigenvalue weighted by Crippen LogP contribution is 2.28. The molecule has 2 rings (SSSR count). The summed E-state index contributed by atoms with van der Waals surface area (Å²) in [4.78, 5) is 11.9. The molecule has 0 spiro atoms. The molecule has 0 aliphatic heterocycles. The summed E-state index contributed by atoms with van der Waals surface area (Å²) in [5.41, 5.74) is 1.66. The van der Waals surface area contributed by atoms with Crippen molar-refractivity contribution in [3.63, 3.8) is 0 Å². The Morgan fingerprint density at radius 3 is 2.50 bits per heavy atom. The quantitative estimate of drug-likeness (QED) is 0.780. The van der Waals surface area contributed by atoms with Crippen LogP contribution in [0.25, 0.3) is 0 Å². The monoisotopic (exact) mass is 332 g/mol. The van der Waals surface area contributed by atoms with Crippen LogP contribution >= 0.6 is 0 Å². The SMILES string of the molecule is COc1ccc(OC)c(NCC(=O)NCCc2ccc(F)cc2)c1. The first kappa shape index (κ1) is 17.6. The van der Waals surface area contributed by atoms with Crippen LogP contribution in [-0.4, -0.2) is 33.2 Å². The van der Waals surface area contributed by atoms with Gasteiger partial charge in [-0.3, -0.25) is 4.79 Å². The number of ether oxygens (including phenoxy) is 2. The molecule has 0 aromatic heterocycles. The molecule has 2 N–H and O–H groups in total. The van der Waals surface area contributed by atoms with Gasteiger partial charge in [0, 0.05) is 12.6 Å². The summed E-state index contributed by atoms with van der Waals surface area (Å²) in [6.45, 7) is 0.605. The predicted molar refractivity (Wildman–Crippen MR) is 91.1 cm³/mol. The number of rotatable bonds is 8. The number of hydrogen-bond acceptors (Lipinski definition) is 4. The van der Waals surface area contributed by atoms with Crippen molar-refractivity contribution >= 4 is 11.6 Å². The van der Waals surface area contributed by atoms with Gasteiger partial charge in [-0.15, -0.1) is 0 Å². The Kier molecular flexibility index (Phi) is 6.42. The van der Waals surface area contributed by atoms with Gasteiger partial charge in [-0.05, 0) is 36.2 Å². The van der Waals surface area contributed by atoms with Gasteiger partial charge < -0.3 is 20.1 Å². The predicted octanol–water partition coefficient (Wildman–Crippen LogP) is 2.61. The lowest BCUT2D eigenvalue weighted by Crippen LogP contribution is -2.31. The first-order chi connectivity index (χ1) is 11.6. The van der Waals surface area contributed by atoms with Gasteiger partial charge in [0.2, 0.25) is 5.91 Å². The number of hydrogen-bond donors (Lipinski definition) is 2. The maximum atomic E-state index is 12.8. The van der Waals surface area contributed by atoms with Gasteiger partial charge in [-0.1, -0.05) is 12.1 Å². The molecular weight excluding hydrogens is 311 g/mol. The van der Waals surface area contributed by atoms with Crippen LogP contribution in [0.15, 0.2) is 42.5 Å². The maximum absolute atomic E-state index is 12.8. The van der Waals surface area contributed by atoms with Gasteiger partial charge >= 0.3 is 0 Å². The van der Waals surface area contributed by atoms with E-state index in [0.717, 1.165) is 5.56 Å². The normalized spacial score (nSPS) is 10.1. The molecule has 0 fully saturated rings. The summed E-state index contributed by atoms with van der Waals surface area (Å²) in [5, 5.41) is 5.84. The molecule has 0 saturated heterocycles. The average molecular weight is 332 g/mol. The standard InChI is InChI=1S/C18H21FN2O3/c1-23-15-7-8-17(24-2)16(11-15)21-12-18(22)20-10-9-13-3-5-14(19)6-4-13/h3-8,11,21H,9-10,12H2,1-2H3,(H,20,22). The van der Waals surface area contributed by atoms with Crippen molar-refractivity contribution in [1.29, 1.82) is 0 Å². The highest BCUT2D eigenvalue weighted by atomic mass is 19.1. The molecule has 0 aliphatic rings. The number of benzene rings is 2. The van der Waals surface area contributed by atoms with Crippen LogP contribution in [0.5, 0.6) is 11.5 Å². The largest absolute Gasteiger partial charge is 0.497 e. The minimum atomic E-state index is -0.265. The Hall–Kier alpha value is -2.76. The molecule has 2 aromatic rings. The van der Waals surface area contributed by atoms with Gasteiger partial charge in [0.15, 0.2) is 0 Å². The first-order valence-electron chi connectivity index (χ1n) is 7.59. The molecule has 6 heteroatoms. The third-order valence-electron chi connectivity index (χ3n) is 3.50. The zero-order chi connectivity index (χ0) is 17.4. The third kappa shape index (κ3) is 5.15. The molecule has 0 saturated carbocycles. The van der Waals surface area contributed by atoms with Crippen molar-refractivity contribution in [3.05, 3.63) is 53.8 Å². The van der Waals surface area contributed by atoms with Crippen LogP contribution in [0.4, 0.5) is 10.1 Å². The Bertz CT molecular complexity index is 674. The van der Waals surface area contributed by atoms with Crippen LogP contribution in [0, 0.1) is 5.82 Å². The van der Waals surface area contributed by atoms with Crippen LogP contribution in [0.3, 0.4) is 0 Å². The molecular formula is C18H21FN2O3. The highest BCUT2D eigenvalue weighted by Gasteiger charge is 2.07. The van der Waals surface area contributed by atoms with E-state index in [2.05, 4.69) is 10.6 Å². The van der Waals surface area contributed by atoms with E-state index in [4.69, 9.17) is 9.47 Å². The molecule has 2 aromatic carbocycles. The van der Waals surface area contributed by atoms with Crippen LogP contribution < -0.4 is 20.1 Å². The Morgan fingerprint density at radius 1 is 1.08 bits per heavy atom. The van der Waals surface area contributed by atoms with Crippen LogP contribution in [0.2, 0.25) is 0 Å². The van der Waals surface area contributed by atoms with Crippen molar-refractivity contribution < 1.29 is 18.7 Å². The second-order valence-electron chi connectivity index (χ2n) is 5.15. The Balaban J connectivity index is 1.79. The molecule has 0 radical (unpaired) electrons. The van der Waals surface area contributed by atoms with E-state index < -0.39 is 0 Å². The lowest BCUT2D eigenvalue weighted by Gasteiger charge is -2.12. The summed E-state index contributed by atoms with van der Waals surface area (Å²) in [6.07, 6.45) is 0.647. The van der Waals surface area contributed by atoms with Gasteiger partial charge in [0.25, 0.3) is 0 Å². The summed E-state index contributed by atoms with van der Waals surface area (Å²) >= 11 is 0. The van der Waals surface area contributed by atoms with Gasteiger partial charge in [-0.2, -0.15) is 0 Å². The fraction of sp³-hybridized carbons (Fsp3) is 0.278. The number of halogens is 1. The summed E-state index contributed by atoms with van der Waals surface area (Å²) < 4.78 is 23.2. The van der Waals surface area contributed by atoms with Crippen LogP contribution in [-0.2, 0) is 11.2 Å². The molecule has 128 valence electrons. The van der Waals surface area contributed by atoms with Crippen LogP contribution in [0.1, 0.15) is 5.56 Å². The summed E-state index contributed by atoms with van der Waals surface area (Å²) in [7, 11) is 3.14. The number of carbonyl (C=O) groups excluding carboxylic acids is 1. The minimum Gasteiger partial charge on any atom is -0.497 e. The van der Waals surface area contributed by atoms with Gasteiger partial charge in [0.05, 0.1) is 26.5 Å². The third-order valence-corrected chi connectivity index (χ3v) is 3.50. The number of methoxy groups -OCH3 is 2. The maximum Gasteiger partial charge on any atom is 0.239 e. The molecule has 5 nitrogen and oxygen atoms in total. The zero-order valence-electron chi connectivity index (χ0n) is 13.8. The Morgan fingerprint density at radius 2 is 1.83 bits per heavy atom. The smallest absolute Gasteiger partial charge is 0.239 e. The topological polar surface area (TPSA) is 59.6 Å². The van der Waals surface area contributed by atoms with Gasteiger partial charge in [-0.25, -0.2) is 4.39 Å². The molecule has 0 unspecified atom stereocenters. The fourth-order valence-electron chi connectivity index (χ4n) is 2.19. The molecule has 0 aliphatic carbocycles. The molecule has 0 heterocycles. The van der Waals surface area contributed by atoms with E-state index >= 15 is 0 Å². The lowest BCUT2D eigenvalue weighted by atomic mass is 10.1. The van der Waals surface area contributed by atoms with Crippen molar-refractivity contribution in [2.75, 3.05) is 32.6 Å². The number of amides is 1. The minimum absolute atomic E-state index is 0.118. The molecule has 0 bridgehead atoms. The van der Waals surface area contributed by atoms with E-state index in [9.17, 15) is 9.18 Å². The second-order valence-corrected chi connectivity index (χ2v) is 5.15. The van der Waals surface area contributed by atoms with E-state index in [1.165, 1.54) is 12.1 Å². The van der Waals surface area contributed by atoms with Crippen molar-refractivity contribution in [2.24, 2.45) is 0 Å². The second kappa shape index (κ2) is 8.76. The average Bonchev–Trinajstić information content (AvgIpc) is 2.61. The molecule has 24 heavy (non-hydrogen) atoms. The van der Waals surface area contributed by atoms with E-state index in [-0.39, 0.29) is 18.3 Å². The number of nitrogens with one attached hydrogen (secondary N) is 2. The Labute approximate surface area is 140 Å². The van der Waals surface area contributed by atoms with Gasteiger partial charge in [0.1, 0.15) is 17.3 Å². The molecule has 1 amide bonds. The van der Waals surface area contributed by atoms with E-state index in [1.807, 2.05) is 0 Å². The van der Waals surface area contributed by atoms with Crippen molar-refractivity contribution in [2.45, 2.75) is 6.42 Å². The van der Waals surface area contributed by atoms with E-state index in [1.54, 1.807) is 44.6 Å². The van der Waals surface area contributed by atoms with Crippen molar-refractivity contribution in [3.8, 4) is 11.5 Å². The lowest BCUT2D eigenvalue weighted by molar-refractivity contribution is -0.119. The van der Waals surface area contributed by atoms with E-state index in [0.29, 0.717) is 30.2 Å².